The van der Waals surface area contributed by atoms with Crippen molar-refractivity contribution in [3.8, 4) is 5.75 Å². The monoisotopic (exact) mass is 426 g/mol. The molecule has 1 atom stereocenters. The first-order chi connectivity index (χ1) is 15.1. The van der Waals surface area contributed by atoms with Crippen molar-refractivity contribution in [2.45, 2.75) is 45.4 Å². The van der Waals surface area contributed by atoms with Crippen LogP contribution in [-0.2, 0) is 17.9 Å². The van der Waals surface area contributed by atoms with Gasteiger partial charge in [0.15, 0.2) is 5.96 Å². The maximum atomic E-state index is 13.3. The molecule has 0 saturated carbocycles. The average Bonchev–Trinajstić information content (AvgIpc) is 3.22. The van der Waals surface area contributed by atoms with Crippen LogP contribution in [0, 0.1) is 5.82 Å². The summed E-state index contributed by atoms with van der Waals surface area (Å²) in [5.74, 6) is 1.03. The molecule has 166 valence electrons. The summed E-state index contributed by atoms with van der Waals surface area (Å²) in [5, 5.41) is 6.47. The van der Waals surface area contributed by atoms with Crippen LogP contribution >= 0.6 is 0 Å². The number of halogens is 1. The predicted molar refractivity (Wildman–Crippen MR) is 120 cm³/mol. The number of aliphatic imine (C=N–C) groups is 1. The van der Waals surface area contributed by atoms with Crippen molar-refractivity contribution in [3.05, 3.63) is 65.5 Å². The number of amides is 1. The molecule has 1 unspecified atom stereocenters. The lowest BCUT2D eigenvalue weighted by molar-refractivity contribution is -0.131. The number of carbonyl (C=O) groups is 1. The molecular weight excluding hydrogens is 395 g/mol. The van der Waals surface area contributed by atoms with Gasteiger partial charge in [0.25, 0.3) is 0 Å². The highest BCUT2D eigenvalue weighted by Gasteiger charge is 2.22. The van der Waals surface area contributed by atoms with E-state index >= 15 is 0 Å². The molecule has 6 nitrogen and oxygen atoms in total. The highest BCUT2D eigenvalue weighted by Crippen LogP contribution is 2.22. The maximum Gasteiger partial charge on any atom is 0.223 e. The van der Waals surface area contributed by atoms with Crippen LogP contribution in [0.5, 0.6) is 5.75 Å². The summed E-state index contributed by atoms with van der Waals surface area (Å²) in [7, 11) is 1.70. The standard InChI is InChI=1S/C24H31FN4O2/c1-3-21(31-22-11-6-10-20(25)14-22)15-28-24(26-2)27-13-7-12-23(30)29-16-18-8-4-5-9-19(18)17-29/h4-6,8-11,14,21H,3,7,12-13,15-17H2,1-2H3,(H2,26,27,28). The van der Waals surface area contributed by atoms with Crippen molar-refractivity contribution in [1.82, 2.24) is 15.5 Å². The van der Waals surface area contributed by atoms with Gasteiger partial charge in [-0.15, -0.1) is 0 Å². The van der Waals surface area contributed by atoms with Gasteiger partial charge in [-0.1, -0.05) is 37.3 Å². The van der Waals surface area contributed by atoms with Gasteiger partial charge < -0.3 is 20.3 Å². The van der Waals surface area contributed by atoms with Crippen molar-refractivity contribution in [3.63, 3.8) is 0 Å². The van der Waals surface area contributed by atoms with Gasteiger partial charge in [0.05, 0.1) is 6.54 Å². The fourth-order valence-corrected chi connectivity index (χ4v) is 3.55. The first-order valence-corrected chi connectivity index (χ1v) is 10.8. The second kappa shape index (κ2) is 11.3. The van der Waals surface area contributed by atoms with E-state index in [0.29, 0.717) is 44.3 Å². The summed E-state index contributed by atoms with van der Waals surface area (Å²) < 4.78 is 19.2. The quantitative estimate of drug-likeness (QED) is 0.366. The third-order valence-corrected chi connectivity index (χ3v) is 5.33. The van der Waals surface area contributed by atoms with Crippen LogP contribution in [0.15, 0.2) is 53.5 Å². The number of hydrogen-bond acceptors (Lipinski definition) is 3. The number of benzene rings is 2. The number of hydrogen-bond donors (Lipinski definition) is 2. The molecule has 0 radical (unpaired) electrons. The third kappa shape index (κ3) is 6.70. The van der Waals surface area contributed by atoms with Crippen molar-refractivity contribution < 1.29 is 13.9 Å². The van der Waals surface area contributed by atoms with Crippen LogP contribution in [0.4, 0.5) is 4.39 Å². The molecule has 2 aromatic rings. The molecule has 0 aromatic heterocycles. The fraction of sp³-hybridized carbons (Fsp3) is 0.417. The molecule has 0 bridgehead atoms. The summed E-state index contributed by atoms with van der Waals surface area (Å²) >= 11 is 0. The Morgan fingerprint density at radius 2 is 1.90 bits per heavy atom. The second-order valence-corrected chi connectivity index (χ2v) is 7.61. The van der Waals surface area contributed by atoms with Crippen molar-refractivity contribution in [2.24, 2.45) is 4.99 Å². The molecule has 3 rings (SSSR count). The van der Waals surface area contributed by atoms with Gasteiger partial charge in [-0.05, 0) is 36.1 Å². The average molecular weight is 427 g/mol. The van der Waals surface area contributed by atoms with Crippen LogP contribution in [0.3, 0.4) is 0 Å². The molecule has 0 fully saturated rings. The van der Waals surface area contributed by atoms with Crippen LogP contribution in [0.25, 0.3) is 0 Å². The molecule has 2 aromatic carbocycles. The van der Waals surface area contributed by atoms with E-state index in [2.05, 4.69) is 27.8 Å². The van der Waals surface area contributed by atoms with E-state index in [9.17, 15) is 9.18 Å². The minimum absolute atomic E-state index is 0.112. The Kier molecular flexibility index (Phi) is 8.27. The van der Waals surface area contributed by atoms with Crippen LogP contribution in [0.2, 0.25) is 0 Å². The largest absolute Gasteiger partial charge is 0.489 e. The SMILES string of the molecule is CCC(CNC(=NC)NCCCC(=O)N1Cc2ccccc2C1)Oc1cccc(F)c1. The third-order valence-electron chi connectivity index (χ3n) is 5.33. The van der Waals surface area contributed by atoms with E-state index < -0.39 is 0 Å². The molecule has 2 N–H and O–H groups in total. The minimum Gasteiger partial charge on any atom is -0.489 e. The lowest BCUT2D eigenvalue weighted by Gasteiger charge is -2.20. The van der Waals surface area contributed by atoms with Crippen LogP contribution in [0.1, 0.15) is 37.3 Å². The Bertz CT molecular complexity index is 878. The first kappa shape index (κ1) is 22.6. The summed E-state index contributed by atoms with van der Waals surface area (Å²) in [4.78, 5) is 18.6. The second-order valence-electron chi connectivity index (χ2n) is 7.61. The van der Waals surface area contributed by atoms with E-state index in [1.165, 1.54) is 23.3 Å². The Balaban J connectivity index is 1.35. The number of carbonyl (C=O) groups excluding carboxylic acids is 1. The molecular formula is C24H31FN4O2. The molecule has 1 amide bonds. The summed E-state index contributed by atoms with van der Waals surface area (Å²) in [6.07, 6.45) is 1.88. The van der Waals surface area contributed by atoms with E-state index in [-0.39, 0.29) is 17.8 Å². The number of guanidine groups is 1. The van der Waals surface area contributed by atoms with E-state index in [1.807, 2.05) is 24.0 Å². The zero-order valence-corrected chi connectivity index (χ0v) is 18.2. The predicted octanol–water partition coefficient (Wildman–Crippen LogP) is 3.47. The maximum absolute atomic E-state index is 13.3. The van der Waals surface area contributed by atoms with E-state index in [0.717, 1.165) is 12.8 Å². The Morgan fingerprint density at radius 1 is 1.16 bits per heavy atom. The first-order valence-electron chi connectivity index (χ1n) is 10.8. The molecule has 31 heavy (non-hydrogen) atoms. The Morgan fingerprint density at radius 3 is 2.55 bits per heavy atom. The Hall–Kier alpha value is -3.09. The normalized spacial score (nSPS) is 14.2. The Labute approximate surface area is 183 Å². The number of nitrogens with one attached hydrogen (secondary N) is 2. The van der Waals surface area contributed by atoms with Gasteiger partial charge in [-0.2, -0.15) is 0 Å². The minimum atomic E-state index is -0.315. The van der Waals surface area contributed by atoms with Crippen molar-refractivity contribution >= 4 is 11.9 Å². The van der Waals surface area contributed by atoms with Crippen LogP contribution in [-0.4, -0.2) is 43.0 Å². The van der Waals surface area contributed by atoms with Gasteiger partial charge in [-0.3, -0.25) is 9.79 Å². The van der Waals surface area contributed by atoms with Crippen molar-refractivity contribution in [1.29, 1.82) is 0 Å². The summed E-state index contributed by atoms with van der Waals surface area (Å²) in [5.41, 5.74) is 2.48. The van der Waals surface area contributed by atoms with Gasteiger partial charge in [0.1, 0.15) is 17.7 Å². The smallest absolute Gasteiger partial charge is 0.223 e. The highest BCUT2D eigenvalue weighted by atomic mass is 19.1. The summed E-state index contributed by atoms with van der Waals surface area (Å²) in [6, 6.07) is 14.4. The molecule has 0 saturated heterocycles. The number of nitrogens with zero attached hydrogens (tertiary/aromatic N) is 2. The van der Waals surface area contributed by atoms with Crippen LogP contribution < -0.4 is 15.4 Å². The van der Waals surface area contributed by atoms with Gasteiger partial charge >= 0.3 is 0 Å². The lowest BCUT2D eigenvalue weighted by Crippen LogP contribution is -2.42. The lowest BCUT2D eigenvalue weighted by atomic mass is 10.1. The number of ether oxygens (including phenoxy) is 1. The molecule has 0 aliphatic carbocycles. The number of rotatable bonds is 9. The van der Waals surface area contributed by atoms with Gasteiger partial charge in [0, 0.05) is 39.2 Å². The van der Waals surface area contributed by atoms with E-state index in [4.69, 9.17) is 4.74 Å². The highest BCUT2D eigenvalue weighted by molar-refractivity contribution is 5.80. The fourth-order valence-electron chi connectivity index (χ4n) is 3.55. The topological polar surface area (TPSA) is 66.0 Å². The molecule has 0 spiro atoms. The summed E-state index contributed by atoms with van der Waals surface area (Å²) in [6.45, 7) is 4.61. The zero-order valence-electron chi connectivity index (χ0n) is 18.2. The van der Waals surface area contributed by atoms with Gasteiger partial charge in [0.2, 0.25) is 5.91 Å². The number of fused-ring (bicyclic) bond motifs is 1. The molecule has 1 heterocycles. The molecule has 7 heteroatoms. The van der Waals surface area contributed by atoms with Crippen molar-refractivity contribution in [2.75, 3.05) is 20.1 Å². The molecule has 1 aliphatic rings. The zero-order chi connectivity index (χ0) is 22.1. The van der Waals surface area contributed by atoms with Gasteiger partial charge in [-0.25, -0.2) is 4.39 Å². The molecule has 1 aliphatic heterocycles. The van der Waals surface area contributed by atoms with E-state index in [1.54, 1.807) is 19.2 Å².